The average Bonchev–Trinajstić information content (AvgIpc) is 3.23. The second-order valence-electron chi connectivity index (χ2n) is 7.99. The van der Waals surface area contributed by atoms with E-state index < -0.39 is 0 Å². The Morgan fingerprint density at radius 2 is 1.62 bits per heavy atom. The standard InChI is InChI=1S/C26H24N6/c1-18-7-6-10-22(29-18)26-25(20-11-12-21-23(15-20)28-14-13-27-21)30-24(31-26)17-32(2)16-19-8-4-3-5-9-19/h3-15H,16-17H2,1-2H3,(H,30,31). The van der Waals surface area contributed by atoms with E-state index in [0.717, 1.165) is 51.7 Å². The summed E-state index contributed by atoms with van der Waals surface area (Å²) in [6.07, 6.45) is 3.42. The minimum Gasteiger partial charge on any atom is -0.339 e. The van der Waals surface area contributed by atoms with Crippen molar-refractivity contribution >= 4 is 11.0 Å². The van der Waals surface area contributed by atoms with Crippen molar-refractivity contribution in [1.29, 1.82) is 0 Å². The van der Waals surface area contributed by atoms with Crippen LogP contribution in [0.15, 0.2) is 79.1 Å². The number of rotatable bonds is 6. The molecule has 5 rings (SSSR count). The van der Waals surface area contributed by atoms with E-state index in [-0.39, 0.29) is 0 Å². The van der Waals surface area contributed by atoms with Gasteiger partial charge in [0.2, 0.25) is 0 Å². The number of aromatic amines is 1. The topological polar surface area (TPSA) is 70.6 Å². The minimum atomic E-state index is 0.696. The summed E-state index contributed by atoms with van der Waals surface area (Å²) in [7, 11) is 2.10. The Labute approximate surface area is 187 Å². The lowest BCUT2D eigenvalue weighted by Gasteiger charge is -2.15. The van der Waals surface area contributed by atoms with Gasteiger partial charge in [0.1, 0.15) is 5.82 Å². The summed E-state index contributed by atoms with van der Waals surface area (Å²) in [5.41, 5.74) is 7.61. The first kappa shape index (κ1) is 20.0. The number of benzene rings is 2. The molecule has 0 amide bonds. The molecular weight excluding hydrogens is 396 g/mol. The Hall–Kier alpha value is -3.90. The lowest BCUT2D eigenvalue weighted by Crippen LogP contribution is -2.18. The van der Waals surface area contributed by atoms with E-state index in [4.69, 9.17) is 9.97 Å². The van der Waals surface area contributed by atoms with Crippen molar-refractivity contribution in [3.05, 3.63) is 96.2 Å². The van der Waals surface area contributed by atoms with E-state index >= 15 is 0 Å². The molecule has 158 valence electrons. The molecule has 0 aliphatic carbocycles. The first-order valence-electron chi connectivity index (χ1n) is 10.6. The van der Waals surface area contributed by atoms with Crippen LogP contribution in [0.2, 0.25) is 0 Å². The van der Waals surface area contributed by atoms with Crippen LogP contribution >= 0.6 is 0 Å². The third-order valence-corrected chi connectivity index (χ3v) is 5.36. The van der Waals surface area contributed by atoms with E-state index in [9.17, 15) is 0 Å². The highest BCUT2D eigenvalue weighted by molar-refractivity contribution is 5.84. The Morgan fingerprint density at radius 1 is 0.812 bits per heavy atom. The molecule has 6 nitrogen and oxygen atoms in total. The summed E-state index contributed by atoms with van der Waals surface area (Å²) in [6.45, 7) is 3.54. The highest BCUT2D eigenvalue weighted by Gasteiger charge is 2.17. The summed E-state index contributed by atoms with van der Waals surface area (Å²) >= 11 is 0. The fourth-order valence-corrected chi connectivity index (χ4v) is 3.89. The number of nitrogens with zero attached hydrogens (tertiary/aromatic N) is 5. The van der Waals surface area contributed by atoms with Gasteiger partial charge >= 0.3 is 0 Å². The van der Waals surface area contributed by atoms with Gasteiger partial charge < -0.3 is 4.98 Å². The molecule has 5 aromatic rings. The third kappa shape index (κ3) is 4.26. The van der Waals surface area contributed by atoms with Crippen LogP contribution < -0.4 is 0 Å². The van der Waals surface area contributed by atoms with Crippen molar-refractivity contribution in [3.8, 4) is 22.6 Å². The molecule has 0 saturated carbocycles. The normalized spacial score (nSPS) is 11.3. The maximum absolute atomic E-state index is 4.99. The highest BCUT2D eigenvalue weighted by Crippen LogP contribution is 2.31. The predicted octanol–water partition coefficient (Wildman–Crippen LogP) is 5.02. The van der Waals surface area contributed by atoms with Gasteiger partial charge in [-0.3, -0.25) is 19.9 Å². The fraction of sp³-hybridized carbons (Fsp3) is 0.154. The maximum Gasteiger partial charge on any atom is 0.121 e. The second kappa shape index (κ2) is 8.69. The van der Waals surface area contributed by atoms with E-state index in [1.165, 1.54) is 5.56 Å². The SMILES string of the molecule is Cc1cccc(-c2[nH]c(CN(C)Cc3ccccc3)nc2-c2ccc3nccnc3c2)n1. The maximum atomic E-state index is 4.99. The van der Waals surface area contributed by atoms with Gasteiger partial charge in [-0.15, -0.1) is 0 Å². The molecule has 32 heavy (non-hydrogen) atoms. The van der Waals surface area contributed by atoms with Gasteiger partial charge in [0.25, 0.3) is 0 Å². The summed E-state index contributed by atoms with van der Waals surface area (Å²) < 4.78 is 0. The van der Waals surface area contributed by atoms with Crippen LogP contribution in [0.1, 0.15) is 17.1 Å². The summed E-state index contributed by atoms with van der Waals surface area (Å²) in [5.74, 6) is 0.899. The minimum absolute atomic E-state index is 0.696. The molecule has 0 spiro atoms. The zero-order valence-electron chi connectivity index (χ0n) is 18.2. The molecule has 0 aliphatic heterocycles. The van der Waals surface area contributed by atoms with Gasteiger partial charge in [-0.2, -0.15) is 0 Å². The van der Waals surface area contributed by atoms with Gasteiger partial charge in [0.05, 0.1) is 34.7 Å². The number of hydrogen-bond acceptors (Lipinski definition) is 5. The molecule has 0 fully saturated rings. The van der Waals surface area contributed by atoms with E-state index in [1.807, 2.05) is 49.4 Å². The summed E-state index contributed by atoms with van der Waals surface area (Å²) in [6, 6.07) is 22.6. The molecule has 0 aliphatic rings. The number of nitrogens with one attached hydrogen (secondary N) is 1. The molecule has 3 heterocycles. The molecule has 2 aromatic carbocycles. The molecule has 0 radical (unpaired) electrons. The Kier molecular flexibility index (Phi) is 5.44. The smallest absolute Gasteiger partial charge is 0.121 e. The van der Waals surface area contributed by atoms with Crippen molar-refractivity contribution in [2.45, 2.75) is 20.0 Å². The molecule has 0 bridgehead atoms. The fourth-order valence-electron chi connectivity index (χ4n) is 3.89. The van der Waals surface area contributed by atoms with Crippen LogP contribution in [0.4, 0.5) is 0 Å². The van der Waals surface area contributed by atoms with Gasteiger partial charge in [0, 0.05) is 30.2 Å². The molecule has 0 saturated heterocycles. The third-order valence-electron chi connectivity index (χ3n) is 5.36. The molecule has 6 heteroatoms. The Morgan fingerprint density at radius 3 is 2.44 bits per heavy atom. The van der Waals surface area contributed by atoms with Crippen LogP contribution in [0.5, 0.6) is 0 Å². The van der Waals surface area contributed by atoms with Crippen molar-refractivity contribution in [1.82, 2.24) is 29.8 Å². The summed E-state index contributed by atoms with van der Waals surface area (Å²) in [5, 5.41) is 0. The van der Waals surface area contributed by atoms with Crippen LogP contribution in [-0.2, 0) is 13.1 Å². The van der Waals surface area contributed by atoms with Gasteiger partial charge in [0.15, 0.2) is 0 Å². The van der Waals surface area contributed by atoms with E-state index in [2.05, 4.69) is 51.2 Å². The lowest BCUT2D eigenvalue weighted by molar-refractivity contribution is 0.312. The Balaban J connectivity index is 1.53. The van der Waals surface area contributed by atoms with Crippen LogP contribution in [0.3, 0.4) is 0 Å². The predicted molar refractivity (Wildman–Crippen MR) is 127 cm³/mol. The zero-order chi connectivity index (χ0) is 21.9. The van der Waals surface area contributed by atoms with E-state index in [0.29, 0.717) is 6.54 Å². The van der Waals surface area contributed by atoms with Crippen molar-refractivity contribution in [2.75, 3.05) is 7.05 Å². The second-order valence-corrected chi connectivity index (χ2v) is 7.99. The molecule has 1 N–H and O–H groups in total. The van der Waals surface area contributed by atoms with Crippen molar-refractivity contribution < 1.29 is 0 Å². The van der Waals surface area contributed by atoms with Gasteiger partial charge in [-0.05, 0) is 43.8 Å². The highest BCUT2D eigenvalue weighted by atomic mass is 15.1. The number of aromatic nitrogens is 5. The molecular formula is C26H24N6. The number of fused-ring (bicyclic) bond motifs is 1. The Bertz CT molecular complexity index is 1360. The number of pyridine rings is 1. The largest absolute Gasteiger partial charge is 0.339 e. The van der Waals surface area contributed by atoms with Gasteiger partial charge in [-0.25, -0.2) is 4.98 Å². The van der Waals surface area contributed by atoms with Crippen LogP contribution in [0, 0.1) is 6.92 Å². The number of aryl methyl sites for hydroxylation is 1. The zero-order valence-corrected chi connectivity index (χ0v) is 18.2. The lowest BCUT2D eigenvalue weighted by atomic mass is 10.1. The van der Waals surface area contributed by atoms with Crippen molar-refractivity contribution in [2.24, 2.45) is 0 Å². The van der Waals surface area contributed by atoms with Crippen LogP contribution in [-0.4, -0.2) is 36.9 Å². The number of imidazole rings is 1. The average molecular weight is 421 g/mol. The quantitative estimate of drug-likeness (QED) is 0.418. The van der Waals surface area contributed by atoms with Gasteiger partial charge in [-0.1, -0.05) is 42.5 Å². The van der Waals surface area contributed by atoms with Crippen molar-refractivity contribution in [3.63, 3.8) is 0 Å². The molecule has 3 aromatic heterocycles. The molecule has 0 atom stereocenters. The summed E-state index contributed by atoms with van der Waals surface area (Å²) in [4.78, 5) is 24.4. The number of H-pyrrole nitrogens is 1. The first-order chi connectivity index (χ1) is 15.7. The number of hydrogen-bond donors (Lipinski definition) is 1. The van der Waals surface area contributed by atoms with E-state index in [1.54, 1.807) is 12.4 Å². The van der Waals surface area contributed by atoms with Crippen LogP contribution in [0.25, 0.3) is 33.7 Å². The monoisotopic (exact) mass is 420 g/mol. The first-order valence-corrected chi connectivity index (χ1v) is 10.6. The molecule has 0 unspecified atom stereocenters.